The number of rotatable bonds is 3. The van der Waals surface area contributed by atoms with E-state index in [2.05, 4.69) is 23.9 Å². The molecule has 0 amide bonds. The van der Waals surface area contributed by atoms with E-state index in [1.165, 1.54) is 32.1 Å². The zero-order chi connectivity index (χ0) is 13.1. The van der Waals surface area contributed by atoms with Crippen molar-refractivity contribution in [1.82, 2.24) is 4.98 Å². The van der Waals surface area contributed by atoms with Crippen LogP contribution in [0.2, 0.25) is 5.15 Å². The summed E-state index contributed by atoms with van der Waals surface area (Å²) in [6.45, 7) is 2.28. The summed E-state index contributed by atoms with van der Waals surface area (Å²) in [4.78, 5) is 6.55. The lowest BCUT2D eigenvalue weighted by atomic mass is 9.84. The molecule has 1 aliphatic carbocycles. The Morgan fingerprint density at radius 1 is 1.33 bits per heavy atom. The van der Waals surface area contributed by atoms with Crippen LogP contribution in [-0.4, -0.2) is 18.1 Å². The number of hydrogen-bond acceptors (Lipinski definition) is 3. The third kappa shape index (κ3) is 2.89. The number of aromatic nitrogens is 1. The van der Waals surface area contributed by atoms with Crippen molar-refractivity contribution in [3.05, 3.63) is 17.3 Å². The van der Waals surface area contributed by atoms with Crippen LogP contribution in [0.4, 0.5) is 11.5 Å². The largest absolute Gasteiger partial charge is 0.396 e. The van der Waals surface area contributed by atoms with E-state index in [9.17, 15) is 0 Å². The molecule has 0 aliphatic heterocycles. The van der Waals surface area contributed by atoms with Gasteiger partial charge in [0.05, 0.1) is 5.69 Å². The fourth-order valence-electron chi connectivity index (χ4n) is 2.83. The maximum atomic E-state index is 5.99. The summed E-state index contributed by atoms with van der Waals surface area (Å²) in [5, 5.41) is 0.508. The lowest BCUT2D eigenvalue weighted by molar-refractivity contribution is 0.313. The molecule has 0 radical (unpaired) electrons. The van der Waals surface area contributed by atoms with Gasteiger partial charge < -0.3 is 10.6 Å². The lowest BCUT2D eigenvalue weighted by Crippen LogP contribution is -2.36. The molecule has 1 aliphatic rings. The minimum Gasteiger partial charge on any atom is -0.396 e. The maximum absolute atomic E-state index is 5.99. The van der Waals surface area contributed by atoms with Crippen molar-refractivity contribution in [3.8, 4) is 0 Å². The molecular weight excluding hydrogens is 246 g/mol. The Morgan fingerprint density at radius 3 is 2.61 bits per heavy atom. The molecule has 0 atom stereocenters. The molecule has 1 fully saturated rings. The van der Waals surface area contributed by atoms with Crippen LogP contribution in [-0.2, 0) is 0 Å². The smallest absolute Gasteiger partial charge is 0.153 e. The van der Waals surface area contributed by atoms with E-state index in [-0.39, 0.29) is 0 Å². The molecule has 0 aromatic carbocycles. The molecule has 1 saturated carbocycles. The normalized spacial score (nSPS) is 23.9. The first-order chi connectivity index (χ1) is 8.61. The highest BCUT2D eigenvalue weighted by molar-refractivity contribution is 6.29. The Hall–Kier alpha value is -0.960. The summed E-state index contributed by atoms with van der Waals surface area (Å²) in [5.74, 6) is 1.72. The second kappa shape index (κ2) is 5.79. The summed E-state index contributed by atoms with van der Waals surface area (Å²) in [6, 6.07) is 4.11. The molecule has 18 heavy (non-hydrogen) atoms. The zero-order valence-electron chi connectivity index (χ0n) is 11.2. The number of nitrogen functional groups attached to an aromatic ring is 1. The molecule has 2 N–H and O–H groups in total. The summed E-state index contributed by atoms with van der Waals surface area (Å²) in [5.41, 5.74) is 6.70. The summed E-state index contributed by atoms with van der Waals surface area (Å²) in [7, 11) is 2.08. The van der Waals surface area contributed by atoms with E-state index in [0.717, 1.165) is 11.7 Å². The van der Waals surface area contributed by atoms with Crippen molar-refractivity contribution in [1.29, 1.82) is 0 Å². The number of pyridine rings is 1. The van der Waals surface area contributed by atoms with Crippen LogP contribution in [0.3, 0.4) is 0 Å². The number of nitrogens with zero attached hydrogens (tertiary/aromatic N) is 2. The lowest BCUT2D eigenvalue weighted by Gasteiger charge is -2.35. The summed E-state index contributed by atoms with van der Waals surface area (Å²) < 4.78 is 0. The quantitative estimate of drug-likeness (QED) is 0.849. The highest BCUT2D eigenvalue weighted by Crippen LogP contribution is 2.32. The van der Waals surface area contributed by atoms with Gasteiger partial charge in [-0.05, 0) is 43.7 Å². The number of halogens is 1. The van der Waals surface area contributed by atoms with Gasteiger partial charge in [-0.15, -0.1) is 0 Å². The molecule has 0 spiro atoms. The van der Waals surface area contributed by atoms with Crippen LogP contribution in [0, 0.1) is 5.92 Å². The predicted molar refractivity (Wildman–Crippen MR) is 78.1 cm³/mol. The Bertz CT molecular complexity index is 400. The molecule has 1 heterocycles. The van der Waals surface area contributed by atoms with E-state index in [4.69, 9.17) is 17.3 Å². The summed E-state index contributed by atoms with van der Waals surface area (Å²) >= 11 is 5.95. The minimum atomic E-state index is 0.508. The van der Waals surface area contributed by atoms with Crippen molar-refractivity contribution in [2.45, 2.75) is 45.1 Å². The highest BCUT2D eigenvalue weighted by atomic mass is 35.5. The highest BCUT2D eigenvalue weighted by Gasteiger charge is 2.24. The molecule has 0 unspecified atom stereocenters. The molecule has 0 saturated heterocycles. The van der Waals surface area contributed by atoms with Gasteiger partial charge in [-0.3, -0.25) is 0 Å². The van der Waals surface area contributed by atoms with Crippen molar-refractivity contribution >= 4 is 23.1 Å². The van der Waals surface area contributed by atoms with Gasteiger partial charge in [0.25, 0.3) is 0 Å². The third-order valence-electron chi connectivity index (χ3n) is 4.15. The van der Waals surface area contributed by atoms with Gasteiger partial charge in [0, 0.05) is 13.1 Å². The van der Waals surface area contributed by atoms with E-state index in [0.29, 0.717) is 16.9 Å². The monoisotopic (exact) mass is 267 g/mol. The molecule has 1 aromatic rings. The van der Waals surface area contributed by atoms with Crippen molar-refractivity contribution in [2.75, 3.05) is 17.7 Å². The standard InChI is InChI=1S/C14H22ClN3/c1-3-10-4-6-11(7-5-10)18(2)14-12(16)8-9-13(15)17-14/h8-11H,3-7,16H2,1-2H3. The topological polar surface area (TPSA) is 42.2 Å². The van der Waals surface area contributed by atoms with Crippen LogP contribution in [0.25, 0.3) is 0 Å². The van der Waals surface area contributed by atoms with Crippen LogP contribution in [0.1, 0.15) is 39.0 Å². The SMILES string of the molecule is CCC1CCC(N(C)c2nc(Cl)ccc2N)CC1. The first kappa shape index (κ1) is 13.5. The second-order valence-corrected chi connectivity index (χ2v) is 5.63. The Kier molecular flexibility index (Phi) is 4.33. The number of anilines is 2. The fourth-order valence-corrected chi connectivity index (χ4v) is 2.97. The Balaban J connectivity index is 2.07. The molecular formula is C14H22ClN3. The van der Waals surface area contributed by atoms with E-state index in [1.807, 2.05) is 6.07 Å². The molecule has 3 nitrogen and oxygen atoms in total. The zero-order valence-corrected chi connectivity index (χ0v) is 12.0. The van der Waals surface area contributed by atoms with Crippen molar-refractivity contribution in [3.63, 3.8) is 0 Å². The van der Waals surface area contributed by atoms with Crippen molar-refractivity contribution < 1.29 is 0 Å². The van der Waals surface area contributed by atoms with Crippen LogP contribution >= 0.6 is 11.6 Å². The minimum absolute atomic E-state index is 0.508. The van der Waals surface area contributed by atoms with E-state index >= 15 is 0 Å². The Labute approximate surface area is 114 Å². The second-order valence-electron chi connectivity index (χ2n) is 5.24. The molecule has 2 rings (SSSR count). The number of nitrogens with two attached hydrogens (primary N) is 1. The van der Waals surface area contributed by atoms with Gasteiger partial charge >= 0.3 is 0 Å². The average molecular weight is 268 g/mol. The van der Waals surface area contributed by atoms with Crippen LogP contribution in [0.15, 0.2) is 12.1 Å². The molecule has 1 aromatic heterocycles. The van der Waals surface area contributed by atoms with Crippen LogP contribution in [0.5, 0.6) is 0 Å². The molecule has 100 valence electrons. The van der Waals surface area contributed by atoms with Gasteiger partial charge in [-0.25, -0.2) is 4.98 Å². The van der Waals surface area contributed by atoms with E-state index < -0.39 is 0 Å². The third-order valence-corrected chi connectivity index (χ3v) is 4.36. The van der Waals surface area contributed by atoms with Gasteiger partial charge in [-0.2, -0.15) is 0 Å². The van der Waals surface area contributed by atoms with Crippen molar-refractivity contribution in [2.24, 2.45) is 5.92 Å². The van der Waals surface area contributed by atoms with Gasteiger partial charge in [-0.1, -0.05) is 24.9 Å². The molecule has 4 heteroatoms. The first-order valence-corrected chi connectivity index (χ1v) is 7.14. The first-order valence-electron chi connectivity index (χ1n) is 6.76. The predicted octanol–water partition coefficient (Wildman–Crippen LogP) is 3.72. The fraction of sp³-hybridized carbons (Fsp3) is 0.643. The van der Waals surface area contributed by atoms with Gasteiger partial charge in [0.2, 0.25) is 0 Å². The number of hydrogen-bond donors (Lipinski definition) is 1. The van der Waals surface area contributed by atoms with Gasteiger partial charge in [0.1, 0.15) is 5.15 Å². The van der Waals surface area contributed by atoms with Crippen LogP contribution < -0.4 is 10.6 Å². The Morgan fingerprint density at radius 2 is 2.00 bits per heavy atom. The average Bonchev–Trinajstić information content (AvgIpc) is 2.41. The molecule has 0 bridgehead atoms. The summed E-state index contributed by atoms with van der Waals surface area (Å²) in [6.07, 6.45) is 6.37. The van der Waals surface area contributed by atoms with Gasteiger partial charge in [0.15, 0.2) is 5.82 Å². The van der Waals surface area contributed by atoms with E-state index in [1.54, 1.807) is 6.07 Å². The maximum Gasteiger partial charge on any atom is 0.153 e.